The van der Waals surface area contributed by atoms with Gasteiger partial charge < -0.3 is 9.73 Å². The lowest BCUT2D eigenvalue weighted by molar-refractivity contribution is 0.466. The van der Waals surface area contributed by atoms with Crippen LogP contribution in [0.2, 0.25) is 0 Å². The molecule has 0 atom stereocenters. The number of nitrogens with one attached hydrogen (secondary N) is 1. The minimum absolute atomic E-state index is 0.481. The van der Waals surface area contributed by atoms with E-state index in [1.807, 2.05) is 25.1 Å². The average molecular weight is 287 g/mol. The molecule has 0 saturated heterocycles. The van der Waals surface area contributed by atoms with Crippen LogP contribution < -0.4 is 5.32 Å². The second-order valence-electron chi connectivity index (χ2n) is 4.15. The molecule has 1 N–H and O–H groups in total. The van der Waals surface area contributed by atoms with Crippen molar-refractivity contribution in [3.05, 3.63) is 41.6 Å². The topological polar surface area (TPSA) is 61.9 Å². The number of aryl methyl sites for hydroxylation is 1. The van der Waals surface area contributed by atoms with Crippen LogP contribution in [0.25, 0.3) is 0 Å². The van der Waals surface area contributed by atoms with Crippen molar-refractivity contribution in [1.82, 2.24) is 4.98 Å². The van der Waals surface area contributed by atoms with Crippen molar-refractivity contribution in [3.63, 3.8) is 0 Å². The Hall–Kier alpha value is -1.93. The third-order valence-electron chi connectivity index (χ3n) is 2.82. The standard InChI is InChI=1S/C15H17N3OS/c1-3-11-9-18-15(19-11)10-17-13-6-5-7-14(20-4-2)12(13)8-16/h5-7,9,17H,3-4,10H2,1-2H3. The van der Waals surface area contributed by atoms with Crippen LogP contribution in [0.1, 0.15) is 31.1 Å². The Morgan fingerprint density at radius 1 is 1.40 bits per heavy atom. The zero-order chi connectivity index (χ0) is 14.4. The number of benzene rings is 1. The molecule has 20 heavy (non-hydrogen) atoms. The average Bonchev–Trinajstić information content (AvgIpc) is 2.93. The largest absolute Gasteiger partial charge is 0.444 e. The van der Waals surface area contributed by atoms with Gasteiger partial charge in [0.25, 0.3) is 0 Å². The van der Waals surface area contributed by atoms with E-state index in [-0.39, 0.29) is 0 Å². The lowest BCUT2D eigenvalue weighted by Crippen LogP contribution is -2.02. The van der Waals surface area contributed by atoms with Crippen LogP contribution >= 0.6 is 11.8 Å². The first-order valence-corrected chi connectivity index (χ1v) is 7.60. The number of oxazole rings is 1. The SMILES string of the molecule is CCSc1cccc(NCc2ncc(CC)o2)c1C#N. The molecule has 0 spiro atoms. The predicted molar refractivity (Wildman–Crippen MR) is 80.8 cm³/mol. The quantitative estimate of drug-likeness (QED) is 0.818. The lowest BCUT2D eigenvalue weighted by atomic mass is 10.2. The van der Waals surface area contributed by atoms with Crippen LogP contribution in [0.5, 0.6) is 0 Å². The summed E-state index contributed by atoms with van der Waals surface area (Å²) in [5.41, 5.74) is 1.50. The number of hydrogen-bond acceptors (Lipinski definition) is 5. The molecule has 1 heterocycles. The van der Waals surface area contributed by atoms with Crippen molar-refractivity contribution < 1.29 is 4.42 Å². The maximum absolute atomic E-state index is 9.32. The van der Waals surface area contributed by atoms with E-state index < -0.39 is 0 Å². The molecule has 1 aromatic heterocycles. The molecule has 104 valence electrons. The number of nitriles is 1. The summed E-state index contributed by atoms with van der Waals surface area (Å²) >= 11 is 1.67. The van der Waals surface area contributed by atoms with E-state index in [4.69, 9.17) is 4.42 Å². The van der Waals surface area contributed by atoms with Crippen molar-refractivity contribution in [2.24, 2.45) is 0 Å². The molecule has 2 aromatic rings. The van der Waals surface area contributed by atoms with E-state index in [0.717, 1.165) is 28.5 Å². The van der Waals surface area contributed by atoms with Crippen LogP contribution in [0, 0.1) is 11.3 Å². The molecule has 5 heteroatoms. The third kappa shape index (κ3) is 3.34. The Labute approximate surface area is 123 Å². The summed E-state index contributed by atoms with van der Waals surface area (Å²) in [6, 6.07) is 8.10. The highest BCUT2D eigenvalue weighted by molar-refractivity contribution is 7.99. The first-order valence-electron chi connectivity index (χ1n) is 6.61. The Balaban J connectivity index is 2.13. The summed E-state index contributed by atoms with van der Waals surface area (Å²) in [7, 11) is 0. The zero-order valence-electron chi connectivity index (χ0n) is 11.6. The number of anilines is 1. The fourth-order valence-electron chi connectivity index (χ4n) is 1.83. The van der Waals surface area contributed by atoms with Gasteiger partial charge in [-0.15, -0.1) is 11.8 Å². The van der Waals surface area contributed by atoms with E-state index in [1.165, 1.54) is 0 Å². The van der Waals surface area contributed by atoms with Crippen LogP contribution in [-0.2, 0) is 13.0 Å². The van der Waals surface area contributed by atoms with Gasteiger partial charge in [0, 0.05) is 11.3 Å². The van der Waals surface area contributed by atoms with Crippen LogP contribution in [0.4, 0.5) is 5.69 Å². The molecule has 2 rings (SSSR count). The van der Waals surface area contributed by atoms with Crippen molar-refractivity contribution in [2.75, 3.05) is 11.1 Å². The molecule has 0 radical (unpaired) electrons. The van der Waals surface area contributed by atoms with Crippen LogP contribution in [0.15, 0.2) is 33.7 Å². The highest BCUT2D eigenvalue weighted by atomic mass is 32.2. The van der Waals surface area contributed by atoms with Gasteiger partial charge in [-0.25, -0.2) is 4.98 Å². The second-order valence-corrected chi connectivity index (χ2v) is 5.46. The first kappa shape index (κ1) is 14.5. The van der Waals surface area contributed by atoms with Crippen molar-refractivity contribution in [3.8, 4) is 6.07 Å². The van der Waals surface area contributed by atoms with Gasteiger partial charge in [0.2, 0.25) is 5.89 Å². The summed E-state index contributed by atoms with van der Waals surface area (Å²) in [5.74, 6) is 2.45. The minimum atomic E-state index is 0.481. The van der Waals surface area contributed by atoms with Gasteiger partial charge in [0.15, 0.2) is 0 Å². The lowest BCUT2D eigenvalue weighted by Gasteiger charge is -2.09. The predicted octanol–water partition coefficient (Wildman–Crippen LogP) is 3.83. The molecule has 0 aliphatic heterocycles. The van der Waals surface area contributed by atoms with Gasteiger partial charge >= 0.3 is 0 Å². The number of rotatable bonds is 6. The Bertz CT molecular complexity index is 616. The van der Waals surface area contributed by atoms with E-state index in [0.29, 0.717) is 18.0 Å². The molecule has 0 aliphatic carbocycles. The number of aromatic nitrogens is 1. The first-order chi connectivity index (χ1) is 9.78. The maximum atomic E-state index is 9.32. The smallest absolute Gasteiger partial charge is 0.213 e. The Morgan fingerprint density at radius 3 is 2.90 bits per heavy atom. The van der Waals surface area contributed by atoms with E-state index in [1.54, 1.807) is 18.0 Å². The van der Waals surface area contributed by atoms with E-state index in [9.17, 15) is 5.26 Å². The van der Waals surface area contributed by atoms with Gasteiger partial charge in [-0.2, -0.15) is 5.26 Å². The fourth-order valence-corrected chi connectivity index (χ4v) is 2.62. The van der Waals surface area contributed by atoms with Gasteiger partial charge in [0.1, 0.15) is 11.8 Å². The Kier molecular flexibility index (Phi) is 5.08. The van der Waals surface area contributed by atoms with Crippen molar-refractivity contribution >= 4 is 17.4 Å². The summed E-state index contributed by atoms with van der Waals surface area (Å²) in [5, 5.41) is 12.5. The molecular formula is C15H17N3OS. The molecule has 1 aromatic carbocycles. The highest BCUT2D eigenvalue weighted by Gasteiger charge is 2.09. The molecule has 4 nitrogen and oxygen atoms in total. The fraction of sp³-hybridized carbons (Fsp3) is 0.333. The van der Waals surface area contributed by atoms with Crippen molar-refractivity contribution in [2.45, 2.75) is 31.7 Å². The molecular weight excluding hydrogens is 270 g/mol. The summed E-state index contributed by atoms with van der Waals surface area (Å²) in [6.45, 7) is 4.58. The number of thioether (sulfide) groups is 1. The molecule has 0 saturated carbocycles. The molecule has 0 unspecified atom stereocenters. The Morgan fingerprint density at radius 2 is 2.25 bits per heavy atom. The second kappa shape index (κ2) is 7.01. The van der Waals surface area contributed by atoms with Gasteiger partial charge in [-0.1, -0.05) is 19.9 Å². The monoisotopic (exact) mass is 287 g/mol. The normalized spacial score (nSPS) is 10.2. The van der Waals surface area contributed by atoms with E-state index >= 15 is 0 Å². The summed E-state index contributed by atoms with van der Waals surface area (Å²) < 4.78 is 5.54. The molecule has 0 aliphatic rings. The molecule has 0 amide bonds. The number of nitrogens with zero attached hydrogens (tertiary/aromatic N) is 2. The van der Waals surface area contributed by atoms with Crippen molar-refractivity contribution in [1.29, 1.82) is 5.26 Å². The maximum Gasteiger partial charge on any atom is 0.213 e. The summed E-state index contributed by atoms with van der Waals surface area (Å²) in [6.07, 6.45) is 2.57. The number of hydrogen-bond donors (Lipinski definition) is 1. The third-order valence-corrected chi connectivity index (χ3v) is 3.76. The van der Waals surface area contributed by atoms with Gasteiger partial charge in [-0.3, -0.25) is 0 Å². The van der Waals surface area contributed by atoms with Crippen LogP contribution in [-0.4, -0.2) is 10.7 Å². The van der Waals surface area contributed by atoms with Crippen LogP contribution in [0.3, 0.4) is 0 Å². The summed E-state index contributed by atoms with van der Waals surface area (Å²) in [4.78, 5) is 5.20. The zero-order valence-corrected chi connectivity index (χ0v) is 12.5. The van der Waals surface area contributed by atoms with E-state index in [2.05, 4.69) is 23.3 Å². The molecule has 0 bridgehead atoms. The highest BCUT2D eigenvalue weighted by Crippen LogP contribution is 2.28. The van der Waals surface area contributed by atoms with Gasteiger partial charge in [-0.05, 0) is 17.9 Å². The molecule has 0 fully saturated rings. The minimum Gasteiger partial charge on any atom is -0.444 e. The van der Waals surface area contributed by atoms with Gasteiger partial charge in [0.05, 0.1) is 24.0 Å².